The number of carboxylic acid groups (broad SMARTS) is 1. The highest BCUT2D eigenvalue weighted by atomic mass is 32.2. The van der Waals surface area contributed by atoms with E-state index >= 15 is 0 Å². The second-order valence-corrected chi connectivity index (χ2v) is 6.25. The number of nitrogens with zero attached hydrogens (tertiary/aromatic N) is 3. The van der Waals surface area contributed by atoms with Crippen molar-refractivity contribution < 1.29 is 19.5 Å². The summed E-state index contributed by atoms with van der Waals surface area (Å²) in [5.74, 6) is -1.65. The first-order valence-corrected chi connectivity index (χ1v) is 8.41. The van der Waals surface area contributed by atoms with E-state index in [1.54, 1.807) is 0 Å². The number of rotatable bonds is 8. The fourth-order valence-corrected chi connectivity index (χ4v) is 2.82. The quantitative estimate of drug-likeness (QED) is 0.520. The average molecular weight is 354 g/mol. The normalized spacial score (nSPS) is 11.7. The number of aromatic nitrogens is 2. The number of aryl methyl sites for hydroxylation is 2. The molecule has 0 bridgehead atoms. The van der Waals surface area contributed by atoms with Crippen LogP contribution in [0.25, 0.3) is 0 Å². The first-order valence-electron chi connectivity index (χ1n) is 7.42. The van der Waals surface area contributed by atoms with Gasteiger partial charge in [-0.3, -0.25) is 9.59 Å². The van der Waals surface area contributed by atoms with Gasteiger partial charge in [-0.15, -0.1) is 0 Å². The Hall–Kier alpha value is -2.16. The number of hydrogen-bond donors (Lipinski definition) is 2. The molecule has 0 saturated heterocycles. The molecule has 1 unspecified atom stereocenters. The van der Waals surface area contributed by atoms with E-state index in [0.29, 0.717) is 5.16 Å². The molecule has 9 heteroatoms. The second kappa shape index (κ2) is 9.21. The van der Waals surface area contributed by atoms with Gasteiger partial charge in [0.15, 0.2) is 5.16 Å². The highest BCUT2D eigenvalue weighted by molar-refractivity contribution is 7.99. The molecule has 1 rings (SSSR count). The van der Waals surface area contributed by atoms with Gasteiger partial charge in [-0.25, -0.2) is 14.8 Å². The van der Waals surface area contributed by atoms with Crippen molar-refractivity contribution in [2.75, 3.05) is 18.8 Å². The molecule has 1 heterocycles. The monoisotopic (exact) mass is 354 g/mol. The third kappa shape index (κ3) is 6.53. The molecule has 0 aromatic carbocycles. The molecule has 132 valence electrons. The molecule has 24 heavy (non-hydrogen) atoms. The lowest BCUT2D eigenvalue weighted by Gasteiger charge is -2.26. The van der Waals surface area contributed by atoms with Crippen LogP contribution in [0.2, 0.25) is 0 Å². The van der Waals surface area contributed by atoms with E-state index in [2.05, 4.69) is 15.3 Å². The van der Waals surface area contributed by atoms with Gasteiger partial charge in [0.1, 0.15) is 6.04 Å². The predicted octanol–water partition coefficient (Wildman–Crippen LogP) is 0.623. The zero-order valence-corrected chi connectivity index (χ0v) is 15.0. The van der Waals surface area contributed by atoms with E-state index in [0.717, 1.165) is 23.1 Å². The number of aliphatic carboxylic acids is 1. The van der Waals surface area contributed by atoms with E-state index in [4.69, 9.17) is 5.11 Å². The van der Waals surface area contributed by atoms with Crippen LogP contribution in [0.3, 0.4) is 0 Å². The van der Waals surface area contributed by atoms with Crippen LogP contribution < -0.4 is 5.32 Å². The van der Waals surface area contributed by atoms with Crippen LogP contribution in [0.1, 0.15) is 25.2 Å². The minimum absolute atomic E-state index is 0.0284. The maximum absolute atomic E-state index is 12.4. The third-order valence-electron chi connectivity index (χ3n) is 3.16. The van der Waals surface area contributed by atoms with Gasteiger partial charge in [0.2, 0.25) is 11.8 Å². The summed E-state index contributed by atoms with van der Waals surface area (Å²) < 4.78 is 0. The number of amides is 2. The van der Waals surface area contributed by atoms with Crippen molar-refractivity contribution in [1.82, 2.24) is 20.2 Å². The fourth-order valence-electron chi connectivity index (χ4n) is 1.99. The summed E-state index contributed by atoms with van der Waals surface area (Å²) in [7, 11) is 0. The average Bonchev–Trinajstić information content (AvgIpc) is 2.47. The number of carbonyl (C=O) groups excluding carboxylic acids is 2. The van der Waals surface area contributed by atoms with Crippen LogP contribution in [0, 0.1) is 13.8 Å². The fraction of sp³-hybridized carbons (Fsp3) is 0.533. The van der Waals surface area contributed by atoms with Gasteiger partial charge in [-0.05, 0) is 26.8 Å². The molecule has 1 aromatic rings. The van der Waals surface area contributed by atoms with Crippen molar-refractivity contribution in [1.29, 1.82) is 0 Å². The van der Waals surface area contributed by atoms with E-state index < -0.39 is 12.0 Å². The molecule has 0 fully saturated rings. The van der Waals surface area contributed by atoms with Gasteiger partial charge in [0, 0.05) is 31.4 Å². The van der Waals surface area contributed by atoms with E-state index in [-0.39, 0.29) is 30.7 Å². The summed E-state index contributed by atoms with van der Waals surface area (Å²) in [4.78, 5) is 44.2. The standard InChI is InChI=1S/C15H22N4O4S/c1-9-7-10(2)18-15(17-9)24-8-13(21)19(11(3)14(22)23)6-5-16-12(4)20/h7,11H,5-6,8H2,1-4H3,(H,16,20)(H,22,23). The summed E-state index contributed by atoms with van der Waals surface area (Å²) in [6.45, 7) is 6.80. The summed E-state index contributed by atoms with van der Waals surface area (Å²) in [6.07, 6.45) is 0. The Bertz CT molecular complexity index is 603. The Balaban J connectivity index is 2.72. The van der Waals surface area contributed by atoms with Crippen LogP contribution in [0.4, 0.5) is 0 Å². The minimum atomic E-state index is -1.10. The highest BCUT2D eigenvalue weighted by Gasteiger charge is 2.25. The van der Waals surface area contributed by atoms with Crippen LogP contribution in [0.5, 0.6) is 0 Å². The summed E-state index contributed by atoms with van der Waals surface area (Å²) >= 11 is 1.16. The van der Waals surface area contributed by atoms with Crippen LogP contribution >= 0.6 is 11.8 Å². The van der Waals surface area contributed by atoms with Gasteiger partial charge in [0.05, 0.1) is 5.75 Å². The molecule has 2 N–H and O–H groups in total. The molecule has 2 amide bonds. The van der Waals surface area contributed by atoms with Crippen molar-refractivity contribution in [2.45, 2.75) is 38.9 Å². The number of nitrogens with one attached hydrogen (secondary N) is 1. The molecular weight excluding hydrogens is 332 g/mol. The first kappa shape index (κ1) is 19.9. The van der Waals surface area contributed by atoms with E-state index in [1.807, 2.05) is 19.9 Å². The van der Waals surface area contributed by atoms with Crippen molar-refractivity contribution in [3.8, 4) is 0 Å². The van der Waals surface area contributed by atoms with Crippen LogP contribution in [-0.2, 0) is 14.4 Å². The smallest absolute Gasteiger partial charge is 0.326 e. The molecule has 0 radical (unpaired) electrons. The molecule has 0 aliphatic carbocycles. The maximum Gasteiger partial charge on any atom is 0.326 e. The molecule has 8 nitrogen and oxygen atoms in total. The van der Waals surface area contributed by atoms with E-state index in [9.17, 15) is 14.4 Å². The lowest BCUT2D eigenvalue weighted by Crippen LogP contribution is -2.47. The van der Waals surface area contributed by atoms with E-state index in [1.165, 1.54) is 18.7 Å². The van der Waals surface area contributed by atoms with Crippen molar-refractivity contribution in [2.24, 2.45) is 0 Å². The van der Waals surface area contributed by atoms with Gasteiger partial charge in [-0.1, -0.05) is 11.8 Å². The summed E-state index contributed by atoms with van der Waals surface area (Å²) in [5.41, 5.74) is 1.61. The zero-order chi connectivity index (χ0) is 18.3. The molecule has 1 aromatic heterocycles. The van der Waals surface area contributed by atoms with Crippen molar-refractivity contribution in [3.63, 3.8) is 0 Å². The molecule has 0 spiro atoms. The molecule has 0 aliphatic heterocycles. The minimum Gasteiger partial charge on any atom is -0.480 e. The number of hydrogen-bond acceptors (Lipinski definition) is 6. The second-order valence-electron chi connectivity index (χ2n) is 5.31. The predicted molar refractivity (Wildman–Crippen MR) is 89.7 cm³/mol. The van der Waals surface area contributed by atoms with Gasteiger partial charge in [0.25, 0.3) is 0 Å². The van der Waals surface area contributed by atoms with Gasteiger partial charge >= 0.3 is 5.97 Å². The Labute approximate surface area is 145 Å². The largest absolute Gasteiger partial charge is 0.480 e. The Morgan fingerprint density at radius 1 is 1.29 bits per heavy atom. The third-order valence-corrected chi connectivity index (χ3v) is 3.99. The van der Waals surface area contributed by atoms with Crippen LogP contribution in [-0.4, -0.2) is 62.6 Å². The Morgan fingerprint density at radius 2 is 1.88 bits per heavy atom. The van der Waals surface area contributed by atoms with Crippen molar-refractivity contribution >= 4 is 29.5 Å². The van der Waals surface area contributed by atoms with Crippen molar-refractivity contribution in [3.05, 3.63) is 17.5 Å². The SMILES string of the molecule is CC(=O)NCCN(C(=O)CSc1nc(C)cc(C)n1)C(C)C(=O)O. The Morgan fingerprint density at radius 3 is 2.38 bits per heavy atom. The first-order chi connectivity index (χ1) is 11.2. The Kier molecular flexibility index (Phi) is 7.63. The molecule has 0 aliphatic rings. The summed E-state index contributed by atoms with van der Waals surface area (Å²) in [5, 5.41) is 12.2. The lowest BCUT2D eigenvalue weighted by molar-refractivity contribution is -0.148. The highest BCUT2D eigenvalue weighted by Crippen LogP contribution is 2.15. The molecule has 1 atom stereocenters. The summed E-state index contributed by atoms with van der Waals surface area (Å²) in [6, 6.07) is 0.852. The lowest BCUT2D eigenvalue weighted by atomic mass is 10.3. The number of carbonyl (C=O) groups is 3. The topological polar surface area (TPSA) is 112 Å². The van der Waals surface area contributed by atoms with Gasteiger partial charge in [-0.2, -0.15) is 0 Å². The zero-order valence-electron chi connectivity index (χ0n) is 14.2. The number of carboxylic acids is 1. The van der Waals surface area contributed by atoms with Crippen LogP contribution in [0.15, 0.2) is 11.2 Å². The molecule has 0 saturated carbocycles. The number of thioether (sulfide) groups is 1. The maximum atomic E-state index is 12.4. The van der Waals surface area contributed by atoms with Gasteiger partial charge < -0.3 is 15.3 Å². The molecular formula is C15H22N4O4S.